The van der Waals surface area contributed by atoms with Crippen LogP contribution in [0, 0.1) is 5.82 Å². The van der Waals surface area contributed by atoms with Gasteiger partial charge in [0.25, 0.3) is 0 Å². The molecule has 15 heavy (non-hydrogen) atoms. The molecule has 1 aromatic rings. The normalized spacial score (nSPS) is 12.2. The highest BCUT2D eigenvalue weighted by Crippen LogP contribution is 2.07. The number of hydrogen-bond acceptors (Lipinski definition) is 3. The van der Waals surface area contributed by atoms with E-state index in [0.29, 0.717) is 6.42 Å². The van der Waals surface area contributed by atoms with Crippen molar-refractivity contribution < 1.29 is 13.9 Å². The summed E-state index contributed by atoms with van der Waals surface area (Å²) in [6, 6.07) is 5.85. The third kappa shape index (κ3) is 4.08. The Kier molecular flexibility index (Phi) is 4.24. The summed E-state index contributed by atoms with van der Waals surface area (Å²) in [4.78, 5) is 10.9. The molecule has 0 aliphatic heterocycles. The van der Waals surface area contributed by atoms with Gasteiger partial charge < -0.3 is 10.5 Å². The van der Waals surface area contributed by atoms with Crippen LogP contribution in [-0.2, 0) is 16.0 Å². The maximum absolute atomic E-state index is 12.8. The van der Waals surface area contributed by atoms with Gasteiger partial charge in [-0.2, -0.15) is 0 Å². The van der Waals surface area contributed by atoms with Gasteiger partial charge in [0.15, 0.2) is 0 Å². The van der Waals surface area contributed by atoms with Crippen molar-refractivity contribution in [3.05, 3.63) is 35.6 Å². The predicted molar refractivity (Wildman–Crippen MR) is 54.7 cm³/mol. The molecular weight excluding hydrogens is 197 g/mol. The minimum Gasteiger partial charge on any atom is -0.469 e. The van der Waals surface area contributed by atoms with Crippen LogP contribution in [0.1, 0.15) is 12.0 Å². The molecule has 0 aromatic heterocycles. The number of rotatable bonds is 4. The summed E-state index contributed by atoms with van der Waals surface area (Å²) in [7, 11) is 1.32. The zero-order chi connectivity index (χ0) is 11.3. The van der Waals surface area contributed by atoms with Crippen molar-refractivity contribution in [3.8, 4) is 0 Å². The number of hydrogen-bond donors (Lipinski definition) is 1. The van der Waals surface area contributed by atoms with Gasteiger partial charge in [0.1, 0.15) is 5.82 Å². The minimum absolute atomic E-state index is 0.146. The van der Waals surface area contributed by atoms with Crippen molar-refractivity contribution in [3.63, 3.8) is 0 Å². The van der Waals surface area contributed by atoms with Crippen LogP contribution in [0.25, 0.3) is 0 Å². The van der Waals surface area contributed by atoms with E-state index in [1.54, 1.807) is 12.1 Å². The first kappa shape index (κ1) is 11.7. The lowest BCUT2D eigenvalue weighted by molar-refractivity contribution is -0.140. The molecule has 0 spiro atoms. The molecule has 0 fully saturated rings. The molecule has 4 heteroatoms. The van der Waals surface area contributed by atoms with Crippen LogP contribution in [0.5, 0.6) is 0 Å². The third-order valence-corrected chi connectivity index (χ3v) is 2.04. The molecule has 1 atom stereocenters. The van der Waals surface area contributed by atoms with Crippen LogP contribution in [0.3, 0.4) is 0 Å². The van der Waals surface area contributed by atoms with Gasteiger partial charge in [-0.25, -0.2) is 4.39 Å². The summed E-state index contributed by atoms with van der Waals surface area (Å²) in [6.07, 6.45) is 0.611. The van der Waals surface area contributed by atoms with Gasteiger partial charge >= 0.3 is 5.97 Å². The molecule has 0 bridgehead atoms. The van der Waals surface area contributed by atoms with Gasteiger partial charge in [-0.3, -0.25) is 4.79 Å². The standard InChI is InChI=1S/C11H14FNO2/c1-15-11(14)7-10(13)6-8-3-2-4-9(12)5-8/h2-5,10H,6-7,13H2,1H3/t10-/m1/s1. The van der Waals surface area contributed by atoms with Crippen LogP contribution in [0.15, 0.2) is 24.3 Å². The topological polar surface area (TPSA) is 52.3 Å². The van der Waals surface area contributed by atoms with Crippen LogP contribution in [0.2, 0.25) is 0 Å². The second kappa shape index (κ2) is 5.46. The number of methoxy groups -OCH3 is 1. The number of carbonyl (C=O) groups excluding carboxylic acids is 1. The van der Waals surface area contributed by atoms with Gasteiger partial charge in [-0.1, -0.05) is 12.1 Å². The molecule has 0 aliphatic rings. The third-order valence-electron chi connectivity index (χ3n) is 2.04. The van der Waals surface area contributed by atoms with Crippen molar-refractivity contribution in [2.45, 2.75) is 18.9 Å². The zero-order valence-electron chi connectivity index (χ0n) is 8.57. The lowest BCUT2D eigenvalue weighted by Crippen LogP contribution is -2.26. The zero-order valence-corrected chi connectivity index (χ0v) is 8.57. The number of nitrogens with two attached hydrogens (primary N) is 1. The molecular formula is C11H14FNO2. The van der Waals surface area contributed by atoms with Gasteiger partial charge in [0.05, 0.1) is 13.5 Å². The van der Waals surface area contributed by atoms with Gasteiger partial charge in [-0.15, -0.1) is 0 Å². The molecule has 0 saturated carbocycles. The first-order chi connectivity index (χ1) is 7.11. The van der Waals surface area contributed by atoms with Crippen LogP contribution >= 0.6 is 0 Å². The van der Waals surface area contributed by atoms with Gasteiger partial charge in [0.2, 0.25) is 0 Å². The van der Waals surface area contributed by atoms with E-state index in [9.17, 15) is 9.18 Å². The Bertz CT molecular complexity index is 341. The van der Waals surface area contributed by atoms with Crippen molar-refractivity contribution in [1.29, 1.82) is 0 Å². The minimum atomic E-state index is -0.348. The highest BCUT2D eigenvalue weighted by Gasteiger charge is 2.10. The van der Waals surface area contributed by atoms with Crippen molar-refractivity contribution in [1.82, 2.24) is 0 Å². The summed E-state index contributed by atoms with van der Waals surface area (Å²) in [6.45, 7) is 0. The Morgan fingerprint density at radius 3 is 2.93 bits per heavy atom. The molecule has 0 radical (unpaired) electrons. The van der Waals surface area contributed by atoms with Crippen LogP contribution < -0.4 is 5.73 Å². The molecule has 1 aromatic carbocycles. The Balaban J connectivity index is 2.51. The molecule has 0 saturated heterocycles. The molecule has 0 aliphatic carbocycles. The van der Waals surface area contributed by atoms with E-state index in [2.05, 4.69) is 4.74 Å². The first-order valence-electron chi connectivity index (χ1n) is 4.68. The molecule has 0 heterocycles. The highest BCUT2D eigenvalue weighted by atomic mass is 19.1. The van der Waals surface area contributed by atoms with Gasteiger partial charge in [0, 0.05) is 6.04 Å². The van der Waals surface area contributed by atoms with E-state index in [1.165, 1.54) is 19.2 Å². The fraction of sp³-hybridized carbons (Fsp3) is 0.364. The molecule has 1 rings (SSSR count). The van der Waals surface area contributed by atoms with E-state index in [1.807, 2.05) is 0 Å². The number of ether oxygens (including phenoxy) is 1. The number of esters is 1. The SMILES string of the molecule is COC(=O)C[C@H](N)Cc1cccc(F)c1. The monoisotopic (exact) mass is 211 g/mol. The molecule has 82 valence electrons. The smallest absolute Gasteiger partial charge is 0.307 e. The summed E-state index contributed by atoms with van der Waals surface area (Å²) in [5, 5.41) is 0. The van der Waals surface area contributed by atoms with Crippen LogP contribution in [-0.4, -0.2) is 19.1 Å². The summed E-state index contributed by atoms with van der Waals surface area (Å²) in [5.74, 6) is -0.642. The fourth-order valence-corrected chi connectivity index (χ4v) is 1.34. The second-order valence-corrected chi connectivity index (χ2v) is 3.37. The number of benzene rings is 1. The molecule has 3 nitrogen and oxygen atoms in total. The maximum Gasteiger partial charge on any atom is 0.307 e. The van der Waals surface area contributed by atoms with E-state index in [0.717, 1.165) is 5.56 Å². The fourth-order valence-electron chi connectivity index (χ4n) is 1.34. The Hall–Kier alpha value is -1.42. The van der Waals surface area contributed by atoms with Crippen molar-refractivity contribution >= 4 is 5.97 Å². The van der Waals surface area contributed by atoms with Crippen LogP contribution in [0.4, 0.5) is 4.39 Å². The predicted octanol–water partition coefficient (Wildman–Crippen LogP) is 1.26. The second-order valence-electron chi connectivity index (χ2n) is 3.37. The summed E-state index contributed by atoms with van der Waals surface area (Å²) >= 11 is 0. The van der Waals surface area contributed by atoms with E-state index in [-0.39, 0.29) is 24.2 Å². The van der Waals surface area contributed by atoms with E-state index >= 15 is 0 Å². The van der Waals surface area contributed by atoms with Crippen molar-refractivity contribution in [2.75, 3.05) is 7.11 Å². The van der Waals surface area contributed by atoms with Crippen molar-refractivity contribution in [2.24, 2.45) is 5.73 Å². The Morgan fingerprint density at radius 2 is 2.33 bits per heavy atom. The molecule has 0 unspecified atom stereocenters. The maximum atomic E-state index is 12.8. The average molecular weight is 211 g/mol. The number of halogens is 1. The average Bonchev–Trinajstić information content (AvgIpc) is 2.17. The quantitative estimate of drug-likeness (QED) is 0.763. The van der Waals surface area contributed by atoms with Gasteiger partial charge in [-0.05, 0) is 24.1 Å². The Labute approximate surface area is 88.0 Å². The Morgan fingerprint density at radius 1 is 1.60 bits per heavy atom. The summed E-state index contributed by atoms with van der Waals surface area (Å²) < 4.78 is 17.3. The summed E-state index contributed by atoms with van der Waals surface area (Å²) in [5.41, 5.74) is 6.49. The van der Waals surface area contributed by atoms with E-state index in [4.69, 9.17) is 5.73 Å². The largest absolute Gasteiger partial charge is 0.469 e. The highest BCUT2D eigenvalue weighted by molar-refractivity contribution is 5.69. The van der Waals surface area contributed by atoms with E-state index < -0.39 is 0 Å². The lowest BCUT2D eigenvalue weighted by atomic mass is 10.0. The molecule has 2 N–H and O–H groups in total. The first-order valence-corrected chi connectivity index (χ1v) is 4.68. The lowest BCUT2D eigenvalue weighted by Gasteiger charge is -2.09. The number of carbonyl (C=O) groups is 1. The molecule has 0 amide bonds.